The predicted molar refractivity (Wildman–Crippen MR) is 107 cm³/mol. The lowest BCUT2D eigenvalue weighted by molar-refractivity contribution is 0.102. The Labute approximate surface area is 158 Å². The molecule has 0 unspecified atom stereocenters. The number of aryl methyl sites for hydroxylation is 1. The van der Waals surface area contributed by atoms with E-state index in [0.29, 0.717) is 11.6 Å². The fraction of sp³-hybridized carbons (Fsp3) is 0.190. The predicted octanol–water partition coefficient (Wildman–Crippen LogP) is 4.57. The highest BCUT2D eigenvalue weighted by Gasteiger charge is 2.10. The first-order chi connectivity index (χ1) is 13.0. The van der Waals surface area contributed by atoms with Crippen molar-refractivity contribution < 1.29 is 9.53 Å². The quantitative estimate of drug-likeness (QED) is 0.672. The van der Waals surface area contributed by atoms with Gasteiger partial charge in [0.2, 0.25) is 5.95 Å². The molecule has 27 heavy (non-hydrogen) atoms. The number of anilines is 3. The molecule has 0 saturated carbocycles. The molecule has 0 aliphatic rings. The summed E-state index contributed by atoms with van der Waals surface area (Å²) in [5, 5.41) is 5.92. The van der Waals surface area contributed by atoms with E-state index in [2.05, 4.69) is 20.6 Å². The number of rotatable bonds is 6. The molecule has 0 saturated heterocycles. The fourth-order valence-electron chi connectivity index (χ4n) is 2.40. The summed E-state index contributed by atoms with van der Waals surface area (Å²) in [6, 6.07) is 16.7. The molecule has 0 bridgehead atoms. The molecule has 0 aliphatic heterocycles. The third-order valence-electron chi connectivity index (χ3n) is 3.68. The molecule has 3 rings (SSSR count). The summed E-state index contributed by atoms with van der Waals surface area (Å²) in [6.07, 6.45) is 1.66. The van der Waals surface area contributed by atoms with Crippen LogP contribution in [0.15, 0.2) is 60.8 Å². The van der Waals surface area contributed by atoms with Crippen molar-refractivity contribution >= 4 is 23.2 Å². The average Bonchev–Trinajstić information content (AvgIpc) is 2.65. The lowest BCUT2D eigenvalue weighted by Crippen LogP contribution is -2.14. The van der Waals surface area contributed by atoms with Gasteiger partial charge < -0.3 is 15.4 Å². The Bertz CT molecular complexity index is 906. The van der Waals surface area contributed by atoms with E-state index in [0.717, 1.165) is 11.4 Å². The highest BCUT2D eigenvalue weighted by Crippen LogP contribution is 2.18. The number of amides is 1. The first-order valence-electron chi connectivity index (χ1n) is 8.74. The number of nitrogens with zero attached hydrogens (tertiary/aromatic N) is 2. The third kappa shape index (κ3) is 5.28. The zero-order valence-corrected chi connectivity index (χ0v) is 15.6. The van der Waals surface area contributed by atoms with Crippen molar-refractivity contribution in [2.45, 2.75) is 26.9 Å². The third-order valence-corrected chi connectivity index (χ3v) is 3.68. The Kier molecular flexibility index (Phi) is 5.66. The summed E-state index contributed by atoms with van der Waals surface area (Å²) < 4.78 is 5.60. The second kappa shape index (κ2) is 8.31. The SMILES string of the molecule is Cc1ccc(Nc2nccc(C(=O)Nc3ccc(OC(C)C)cc3)n2)cc1. The van der Waals surface area contributed by atoms with Gasteiger partial charge in [-0.1, -0.05) is 17.7 Å². The number of aromatic nitrogens is 2. The van der Waals surface area contributed by atoms with Gasteiger partial charge in [0.15, 0.2) is 0 Å². The minimum atomic E-state index is -0.304. The van der Waals surface area contributed by atoms with Crippen molar-refractivity contribution in [2.24, 2.45) is 0 Å². The van der Waals surface area contributed by atoms with Crippen LogP contribution >= 0.6 is 0 Å². The Morgan fingerprint density at radius 1 is 0.963 bits per heavy atom. The average molecular weight is 362 g/mol. The van der Waals surface area contributed by atoms with Gasteiger partial charge in [-0.25, -0.2) is 9.97 Å². The molecule has 2 aromatic carbocycles. The first-order valence-corrected chi connectivity index (χ1v) is 8.74. The lowest BCUT2D eigenvalue weighted by atomic mass is 10.2. The fourth-order valence-corrected chi connectivity index (χ4v) is 2.40. The van der Waals surface area contributed by atoms with E-state index in [-0.39, 0.29) is 17.7 Å². The molecule has 138 valence electrons. The Morgan fingerprint density at radius 3 is 2.30 bits per heavy atom. The van der Waals surface area contributed by atoms with E-state index in [4.69, 9.17) is 4.74 Å². The number of nitrogens with one attached hydrogen (secondary N) is 2. The normalized spacial score (nSPS) is 10.5. The zero-order chi connectivity index (χ0) is 19.2. The highest BCUT2D eigenvalue weighted by atomic mass is 16.5. The van der Waals surface area contributed by atoms with Crippen LogP contribution in [-0.4, -0.2) is 22.0 Å². The highest BCUT2D eigenvalue weighted by molar-refractivity contribution is 6.03. The van der Waals surface area contributed by atoms with Gasteiger partial charge >= 0.3 is 0 Å². The summed E-state index contributed by atoms with van der Waals surface area (Å²) in [6.45, 7) is 5.95. The minimum Gasteiger partial charge on any atom is -0.491 e. The van der Waals surface area contributed by atoms with Gasteiger partial charge in [0, 0.05) is 17.6 Å². The number of hydrogen-bond acceptors (Lipinski definition) is 5. The smallest absolute Gasteiger partial charge is 0.274 e. The number of hydrogen-bond donors (Lipinski definition) is 2. The van der Waals surface area contributed by atoms with Crippen molar-refractivity contribution in [3.05, 3.63) is 72.1 Å². The molecule has 0 atom stereocenters. The van der Waals surface area contributed by atoms with Crippen molar-refractivity contribution in [2.75, 3.05) is 10.6 Å². The van der Waals surface area contributed by atoms with Gasteiger partial charge in [-0.3, -0.25) is 4.79 Å². The maximum atomic E-state index is 12.5. The maximum Gasteiger partial charge on any atom is 0.274 e. The molecule has 3 aromatic rings. The van der Waals surface area contributed by atoms with Crippen LogP contribution in [0.5, 0.6) is 5.75 Å². The van der Waals surface area contributed by atoms with Crippen molar-refractivity contribution in [3.63, 3.8) is 0 Å². The zero-order valence-electron chi connectivity index (χ0n) is 15.6. The van der Waals surface area contributed by atoms with E-state index in [1.165, 1.54) is 5.56 Å². The standard InChI is InChI=1S/C21H22N4O2/c1-14(2)27-18-10-8-16(9-11-18)23-20(26)19-12-13-22-21(25-19)24-17-6-4-15(3)5-7-17/h4-14H,1-3H3,(H,23,26)(H,22,24,25). The minimum absolute atomic E-state index is 0.103. The number of carbonyl (C=O) groups excluding carboxylic acids is 1. The molecule has 6 heteroatoms. The molecule has 0 spiro atoms. The van der Waals surface area contributed by atoms with Gasteiger partial charge in [-0.05, 0) is 63.2 Å². The molecule has 1 aromatic heterocycles. The maximum absolute atomic E-state index is 12.5. The van der Waals surface area contributed by atoms with Gasteiger partial charge in [0.1, 0.15) is 11.4 Å². The molecule has 0 radical (unpaired) electrons. The topological polar surface area (TPSA) is 76.1 Å². The molecule has 0 fully saturated rings. The van der Waals surface area contributed by atoms with E-state index in [1.54, 1.807) is 24.4 Å². The van der Waals surface area contributed by atoms with Crippen LogP contribution in [0.1, 0.15) is 29.9 Å². The van der Waals surface area contributed by atoms with Crippen molar-refractivity contribution in [1.82, 2.24) is 9.97 Å². The van der Waals surface area contributed by atoms with Crippen molar-refractivity contribution in [3.8, 4) is 5.75 Å². The van der Waals surface area contributed by atoms with Crippen LogP contribution in [-0.2, 0) is 0 Å². The second-order valence-corrected chi connectivity index (χ2v) is 6.40. The summed E-state index contributed by atoms with van der Waals surface area (Å²) in [5.74, 6) is 0.823. The van der Waals surface area contributed by atoms with Crippen LogP contribution in [0.3, 0.4) is 0 Å². The second-order valence-electron chi connectivity index (χ2n) is 6.40. The first kappa shape index (κ1) is 18.4. The van der Waals surface area contributed by atoms with Gasteiger partial charge in [0.05, 0.1) is 6.10 Å². The molecule has 6 nitrogen and oxygen atoms in total. The van der Waals surface area contributed by atoms with Crippen LogP contribution in [0, 0.1) is 6.92 Å². The van der Waals surface area contributed by atoms with Crippen LogP contribution in [0.2, 0.25) is 0 Å². The molecule has 1 heterocycles. The Hall–Kier alpha value is -3.41. The monoisotopic (exact) mass is 362 g/mol. The van der Waals surface area contributed by atoms with E-state index in [9.17, 15) is 4.79 Å². The number of ether oxygens (including phenoxy) is 1. The molecule has 2 N–H and O–H groups in total. The summed E-state index contributed by atoms with van der Waals surface area (Å²) in [7, 11) is 0. The van der Waals surface area contributed by atoms with E-state index >= 15 is 0 Å². The molecule has 0 aliphatic carbocycles. The summed E-state index contributed by atoms with van der Waals surface area (Å²) in [4.78, 5) is 20.9. The Morgan fingerprint density at radius 2 is 1.63 bits per heavy atom. The largest absolute Gasteiger partial charge is 0.491 e. The Balaban J connectivity index is 1.67. The molecular weight excluding hydrogens is 340 g/mol. The number of benzene rings is 2. The van der Waals surface area contributed by atoms with E-state index < -0.39 is 0 Å². The van der Waals surface area contributed by atoms with Gasteiger partial charge in [-0.15, -0.1) is 0 Å². The molecule has 1 amide bonds. The summed E-state index contributed by atoms with van der Waals surface area (Å²) >= 11 is 0. The molecular formula is C21H22N4O2. The number of carbonyl (C=O) groups is 1. The lowest BCUT2D eigenvalue weighted by Gasteiger charge is -2.11. The van der Waals surface area contributed by atoms with Crippen LogP contribution < -0.4 is 15.4 Å². The van der Waals surface area contributed by atoms with Gasteiger partial charge in [-0.2, -0.15) is 0 Å². The van der Waals surface area contributed by atoms with Crippen molar-refractivity contribution in [1.29, 1.82) is 0 Å². The summed E-state index contributed by atoms with van der Waals surface area (Å²) in [5.41, 5.74) is 2.98. The van der Waals surface area contributed by atoms with Gasteiger partial charge in [0.25, 0.3) is 5.91 Å². The van der Waals surface area contributed by atoms with E-state index in [1.807, 2.05) is 57.2 Å². The van der Waals surface area contributed by atoms with Crippen LogP contribution in [0.25, 0.3) is 0 Å². The van der Waals surface area contributed by atoms with Crippen LogP contribution in [0.4, 0.5) is 17.3 Å².